The summed E-state index contributed by atoms with van der Waals surface area (Å²) in [5, 5.41) is 13.8. The van der Waals surface area contributed by atoms with E-state index in [1.165, 1.54) is 18.8 Å². The Morgan fingerprint density at radius 2 is 2.32 bits per heavy atom. The molecule has 2 atom stereocenters. The third-order valence-corrected chi connectivity index (χ3v) is 3.04. The van der Waals surface area contributed by atoms with Crippen LogP contribution in [0.15, 0.2) is 12.5 Å². The van der Waals surface area contributed by atoms with E-state index in [1.54, 1.807) is 0 Å². The van der Waals surface area contributed by atoms with Crippen molar-refractivity contribution in [1.82, 2.24) is 20.6 Å². The van der Waals surface area contributed by atoms with Gasteiger partial charge in [0.15, 0.2) is 0 Å². The smallest absolute Gasteiger partial charge is 0.326 e. The number of carboxylic acid groups (broad SMARTS) is 1. The average Bonchev–Trinajstić information content (AvgIpc) is 2.80. The molecule has 0 aromatic carbocycles. The highest BCUT2D eigenvalue weighted by Gasteiger charge is 2.20. The van der Waals surface area contributed by atoms with Crippen molar-refractivity contribution in [3.05, 3.63) is 18.2 Å². The molecule has 1 aromatic rings. The maximum atomic E-state index is 11.5. The van der Waals surface area contributed by atoms with Crippen molar-refractivity contribution in [2.75, 3.05) is 18.6 Å². The summed E-state index contributed by atoms with van der Waals surface area (Å²) in [5.74, 6) is -0.810. The van der Waals surface area contributed by atoms with Gasteiger partial charge >= 0.3 is 12.0 Å². The molecule has 1 unspecified atom stereocenters. The number of carbonyl (C=O) groups excluding carboxylic acids is 1. The Morgan fingerprint density at radius 1 is 1.58 bits per heavy atom. The molecule has 0 bridgehead atoms. The zero-order valence-electron chi connectivity index (χ0n) is 10.4. The average molecular weight is 288 g/mol. The van der Waals surface area contributed by atoms with E-state index < -0.39 is 28.8 Å². The number of hydrogen-bond acceptors (Lipinski definition) is 4. The molecule has 0 aliphatic rings. The van der Waals surface area contributed by atoms with Gasteiger partial charge in [-0.2, -0.15) is 0 Å². The number of carboxylic acids is 1. The highest BCUT2D eigenvalue weighted by atomic mass is 32.2. The van der Waals surface area contributed by atoms with E-state index in [-0.39, 0.29) is 13.0 Å². The summed E-state index contributed by atoms with van der Waals surface area (Å²) in [6.45, 7) is 0.228. The predicted octanol–water partition coefficient (Wildman–Crippen LogP) is -0.917. The zero-order chi connectivity index (χ0) is 14.3. The molecule has 0 fully saturated rings. The van der Waals surface area contributed by atoms with Gasteiger partial charge in [-0.25, -0.2) is 14.6 Å². The van der Waals surface area contributed by atoms with E-state index in [2.05, 4.69) is 20.6 Å². The van der Waals surface area contributed by atoms with Crippen molar-refractivity contribution in [3.8, 4) is 0 Å². The van der Waals surface area contributed by atoms with Crippen molar-refractivity contribution in [1.29, 1.82) is 0 Å². The predicted molar refractivity (Wildman–Crippen MR) is 69.2 cm³/mol. The normalized spacial score (nSPS) is 13.5. The number of nitrogens with one attached hydrogen (secondary N) is 3. The number of hydrogen-bond donors (Lipinski definition) is 4. The van der Waals surface area contributed by atoms with Crippen LogP contribution in [0, 0.1) is 0 Å². The highest BCUT2D eigenvalue weighted by molar-refractivity contribution is 7.84. The number of rotatable bonds is 7. The molecule has 1 rings (SSSR count). The first-order valence-electron chi connectivity index (χ1n) is 5.53. The third-order valence-electron chi connectivity index (χ3n) is 2.26. The van der Waals surface area contributed by atoms with Gasteiger partial charge in [0.05, 0.1) is 6.33 Å². The summed E-state index contributed by atoms with van der Waals surface area (Å²) in [5.41, 5.74) is 0.613. The topological polar surface area (TPSA) is 124 Å². The van der Waals surface area contributed by atoms with E-state index in [0.717, 1.165) is 0 Å². The minimum Gasteiger partial charge on any atom is -0.480 e. The number of amides is 2. The van der Waals surface area contributed by atoms with Crippen molar-refractivity contribution >= 4 is 22.8 Å². The quantitative estimate of drug-likeness (QED) is 0.516. The SMILES string of the molecule is CS(=O)CCNC(=O)N[C@@H](Cc1cnc[nH]1)C(=O)O. The number of aliphatic carboxylic acids is 1. The molecule has 19 heavy (non-hydrogen) atoms. The molecule has 9 heteroatoms. The lowest BCUT2D eigenvalue weighted by molar-refractivity contribution is -0.139. The standard InChI is InChI=1S/C10H16N4O4S/c1-19(18)3-2-12-10(17)14-8(9(15)16)4-7-5-11-6-13-7/h5-6,8H,2-4H2,1H3,(H,11,13)(H,15,16)(H2,12,14,17)/t8-,19?/m0/s1. The zero-order valence-corrected chi connectivity index (χ0v) is 11.2. The number of aromatic amines is 1. The van der Waals surface area contributed by atoms with Crippen LogP contribution in [0.1, 0.15) is 5.69 Å². The van der Waals surface area contributed by atoms with E-state index in [9.17, 15) is 13.8 Å². The molecule has 0 saturated heterocycles. The van der Waals surface area contributed by atoms with Gasteiger partial charge in [-0.15, -0.1) is 0 Å². The number of urea groups is 1. The van der Waals surface area contributed by atoms with Gasteiger partial charge in [-0.05, 0) is 0 Å². The van der Waals surface area contributed by atoms with Crippen LogP contribution in [0.4, 0.5) is 4.79 Å². The Morgan fingerprint density at radius 3 is 2.84 bits per heavy atom. The second-order valence-electron chi connectivity index (χ2n) is 3.85. The van der Waals surface area contributed by atoms with Crippen LogP contribution in [0.3, 0.4) is 0 Å². The van der Waals surface area contributed by atoms with E-state index in [0.29, 0.717) is 11.4 Å². The number of aromatic nitrogens is 2. The van der Waals surface area contributed by atoms with Crippen LogP contribution >= 0.6 is 0 Å². The number of carbonyl (C=O) groups is 2. The second kappa shape index (κ2) is 7.52. The van der Waals surface area contributed by atoms with Crippen LogP contribution in [0.2, 0.25) is 0 Å². The van der Waals surface area contributed by atoms with Crippen LogP contribution in [0.25, 0.3) is 0 Å². The highest BCUT2D eigenvalue weighted by Crippen LogP contribution is 1.98. The summed E-state index contributed by atoms with van der Waals surface area (Å²) in [6.07, 6.45) is 4.57. The Labute approximate surface area is 112 Å². The summed E-state index contributed by atoms with van der Waals surface area (Å²) < 4.78 is 10.8. The molecule has 8 nitrogen and oxygen atoms in total. The fourth-order valence-corrected chi connectivity index (χ4v) is 1.72. The molecule has 0 aliphatic heterocycles. The Hall–Kier alpha value is -1.90. The summed E-state index contributed by atoms with van der Waals surface area (Å²) in [6, 6.07) is -1.65. The van der Waals surface area contributed by atoms with Gasteiger partial charge in [0, 0.05) is 47.7 Å². The van der Waals surface area contributed by atoms with Crippen LogP contribution in [0.5, 0.6) is 0 Å². The van der Waals surface area contributed by atoms with E-state index in [4.69, 9.17) is 5.11 Å². The Balaban J connectivity index is 2.42. The molecule has 0 spiro atoms. The van der Waals surface area contributed by atoms with Gasteiger partial charge in [0.25, 0.3) is 0 Å². The lowest BCUT2D eigenvalue weighted by Gasteiger charge is -2.14. The Kier molecular flexibility index (Phi) is 6.00. The van der Waals surface area contributed by atoms with Gasteiger partial charge in [0.2, 0.25) is 0 Å². The lowest BCUT2D eigenvalue weighted by atomic mass is 10.2. The summed E-state index contributed by atoms with van der Waals surface area (Å²) >= 11 is 0. The maximum Gasteiger partial charge on any atom is 0.326 e. The fourth-order valence-electron chi connectivity index (χ4n) is 1.33. The maximum absolute atomic E-state index is 11.5. The second-order valence-corrected chi connectivity index (χ2v) is 5.40. The molecule has 1 heterocycles. The molecule has 0 aliphatic carbocycles. The number of imidazole rings is 1. The van der Waals surface area contributed by atoms with Crippen LogP contribution in [-0.4, -0.2) is 55.9 Å². The van der Waals surface area contributed by atoms with E-state index >= 15 is 0 Å². The largest absolute Gasteiger partial charge is 0.480 e. The number of H-pyrrole nitrogens is 1. The molecule has 0 radical (unpaired) electrons. The van der Waals surface area contributed by atoms with Gasteiger partial charge in [-0.3, -0.25) is 4.21 Å². The van der Waals surface area contributed by atoms with E-state index in [1.807, 2.05) is 0 Å². The molecular formula is C10H16N4O4S. The lowest BCUT2D eigenvalue weighted by Crippen LogP contribution is -2.47. The third kappa shape index (κ3) is 6.00. The minimum atomic E-state index is -1.14. The molecule has 0 saturated carbocycles. The minimum absolute atomic E-state index is 0.114. The van der Waals surface area contributed by atoms with Gasteiger partial charge in [0.1, 0.15) is 6.04 Å². The first-order chi connectivity index (χ1) is 8.99. The molecule has 106 valence electrons. The Bertz CT molecular complexity index is 448. The van der Waals surface area contributed by atoms with Crippen molar-refractivity contribution in [2.24, 2.45) is 0 Å². The summed E-state index contributed by atoms with van der Waals surface area (Å²) in [7, 11) is -1.00. The summed E-state index contributed by atoms with van der Waals surface area (Å²) in [4.78, 5) is 29.0. The van der Waals surface area contributed by atoms with Crippen LogP contribution < -0.4 is 10.6 Å². The van der Waals surface area contributed by atoms with Crippen molar-refractivity contribution in [2.45, 2.75) is 12.5 Å². The van der Waals surface area contributed by atoms with Gasteiger partial charge < -0.3 is 20.7 Å². The van der Waals surface area contributed by atoms with Crippen molar-refractivity contribution < 1.29 is 18.9 Å². The monoisotopic (exact) mass is 288 g/mol. The fraction of sp³-hybridized carbons (Fsp3) is 0.500. The molecule has 4 N–H and O–H groups in total. The van der Waals surface area contributed by atoms with Gasteiger partial charge in [-0.1, -0.05) is 0 Å². The molecular weight excluding hydrogens is 272 g/mol. The molecule has 2 amide bonds. The molecule has 1 aromatic heterocycles. The first kappa shape index (κ1) is 15.2. The van der Waals surface area contributed by atoms with Crippen molar-refractivity contribution in [3.63, 3.8) is 0 Å². The number of nitrogens with zero attached hydrogens (tertiary/aromatic N) is 1. The van der Waals surface area contributed by atoms with Crippen LogP contribution in [-0.2, 0) is 22.0 Å². The first-order valence-corrected chi connectivity index (χ1v) is 7.26.